The molecule has 3 heterocycles. The summed E-state index contributed by atoms with van der Waals surface area (Å²) in [6, 6.07) is 15.2. The molecule has 45 heavy (non-hydrogen) atoms. The number of piperazine rings is 1. The van der Waals surface area contributed by atoms with E-state index in [2.05, 4.69) is 25.3 Å². The second kappa shape index (κ2) is 13.6. The summed E-state index contributed by atoms with van der Waals surface area (Å²) >= 11 is 0. The number of carbonyl (C=O) groups is 2. The molecule has 1 fully saturated rings. The maximum Gasteiger partial charge on any atom is 0.433 e. The van der Waals surface area contributed by atoms with Gasteiger partial charge in [-0.25, -0.2) is 29.1 Å². The van der Waals surface area contributed by atoms with Gasteiger partial charge in [-0.05, 0) is 35.9 Å². The molecule has 15 heteroatoms. The molecule has 1 aliphatic heterocycles. The molecule has 2 aromatic heterocycles. The first-order valence-electron chi connectivity index (χ1n) is 13.8. The number of halogens is 4. The Morgan fingerprint density at radius 1 is 0.933 bits per heavy atom. The molecule has 1 amide bonds. The largest absolute Gasteiger partial charge is 0.480 e. The number of carbonyl (C=O) groups excluding carboxylic acids is 1. The third-order valence-electron chi connectivity index (χ3n) is 6.87. The van der Waals surface area contributed by atoms with Gasteiger partial charge in [-0.2, -0.15) is 13.2 Å². The summed E-state index contributed by atoms with van der Waals surface area (Å²) in [5.41, 5.74) is 0.0501. The van der Waals surface area contributed by atoms with E-state index < -0.39 is 35.6 Å². The minimum Gasteiger partial charge on any atom is -0.480 e. The first kappa shape index (κ1) is 31.3. The van der Waals surface area contributed by atoms with Crippen molar-refractivity contribution in [2.24, 2.45) is 0 Å². The quantitative estimate of drug-likeness (QED) is 0.251. The van der Waals surface area contributed by atoms with E-state index in [0.717, 1.165) is 17.8 Å². The number of hydrogen-bond donors (Lipinski definition) is 2. The zero-order valence-electron chi connectivity index (χ0n) is 23.6. The van der Waals surface area contributed by atoms with Crippen molar-refractivity contribution in [3.05, 3.63) is 95.7 Å². The van der Waals surface area contributed by atoms with Crippen LogP contribution in [-0.4, -0.2) is 75.7 Å². The highest BCUT2D eigenvalue weighted by Gasteiger charge is 2.34. The van der Waals surface area contributed by atoms with Crippen LogP contribution in [0.5, 0.6) is 0 Å². The van der Waals surface area contributed by atoms with Crippen molar-refractivity contribution in [1.82, 2.24) is 25.3 Å². The Morgan fingerprint density at radius 3 is 2.29 bits per heavy atom. The predicted octanol–water partition coefficient (Wildman–Crippen LogP) is 3.82. The van der Waals surface area contributed by atoms with E-state index in [1.54, 1.807) is 9.80 Å². The zero-order chi connectivity index (χ0) is 32.0. The predicted molar refractivity (Wildman–Crippen MR) is 154 cm³/mol. The molecule has 1 saturated heterocycles. The van der Waals surface area contributed by atoms with Crippen LogP contribution in [0.1, 0.15) is 21.7 Å². The number of benzene rings is 2. The van der Waals surface area contributed by atoms with Crippen LogP contribution in [0, 0.1) is 5.82 Å². The summed E-state index contributed by atoms with van der Waals surface area (Å²) in [4.78, 5) is 45.1. The Balaban J connectivity index is 1.34. The highest BCUT2D eigenvalue weighted by Crippen LogP contribution is 2.29. The fourth-order valence-corrected chi connectivity index (χ4v) is 4.51. The SMILES string of the molecule is O=C(N[C@@H](COCc1ccccc1)C(=O)O)c1cc(N2CCN(c3nccc(C(F)(F)F)n3)CC2)nc(-c2ccc(F)cc2)n1. The third kappa shape index (κ3) is 8.06. The van der Waals surface area contributed by atoms with Crippen molar-refractivity contribution in [3.63, 3.8) is 0 Å². The molecule has 1 aliphatic rings. The van der Waals surface area contributed by atoms with Crippen molar-refractivity contribution in [2.75, 3.05) is 42.6 Å². The van der Waals surface area contributed by atoms with Crippen molar-refractivity contribution < 1.29 is 37.0 Å². The molecule has 4 aromatic rings. The molecule has 2 N–H and O–H groups in total. The Labute approximate surface area is 254 Å². The van der Waals surface area contributed by atoms with Crippen LogP contribution in [-0.2, 0) is 22.3 Å². The monoisotopic (exact) mass is 625 g/mol. The van der Waals surface area contributed by atoms with Gasteiger partial charge >= 0.3 is 12.1 Å². The fraction of sp³-hybridized carbons (Fsp3) is 0.267. The van der Waals surface area contributed by atoms with Crippen LogP contribution in [0.15, 0.2) is 72.9 Å². The van der Waals surface area contributed by atoms with Gasteiger partial charge in [-0.15, -0.1) is 0 Å². The van der Waals surface area contributed by atoms with E-state index in [1.165, 1.54) is 30.3 Å². The van der Waals surface area contributed by atoms with Crippen LogP contribution in [0.25, 0.3) is 11.4 Å². The topological polar surface area (TPSA) is 134 Å². The number of nitrogens with zero attached hydrogens (tertiary/aromatic N) is 6. The van der Waals surface area contributed by atoms with Crippen LogP contribution in [0.3, 0.4) is 0 Å². The minimum absolute atomic E-state index is 0.0616. The highest BCUT2D eigenvalue weighted by molar-refractivity contribution is 5.96. The molecule has 2 aromatic carbocycles. The second-order valence-corrected chi connectivity index (χ2v) is 10.0. The maximum atomic E-state index is 13.6. The lowest BCUT2D eigenvalue weighted by Crippen LogP contribution is -2.48. The summed E-state index contributed by atoms with van der Waals surface area (Å²) in [5.74, 6) is -2.25. The number of aliphatic carboxylic acids is 1. The van der Waals surface area contributed by atoms with Gasteiger partial charge in [0.15, 0.2) is 11.9 Å². The molecular weight excluding hydrogens is 598 g/mol. The number of hydrogen-bond acceptors (Lipinski definition) is 9. The van der Waals surface area contributed by atoms with Gasteiger partial charge in [0.05, 0.1) is 13.2 Å². The first-order valence-corrected chi connectivity index (χ1v) is 13.8. The average Bonchev–Trinajstić information content (AvgIpc) is 3.04. The molecule has 11 nitrogen and oxygen atoms in total. The van der Waals surface area contributed by atoms with Gasteiger partial charge in [0.25, 0.3) is 5.91 Å². The number of amides is 1. The lowest BCUT2D eigenvalue weighted by atomic mass is 10.2. The van der Waals surface area contributed by atoms with E-state index in [4.69, 9.17) is 4.74 Å². The third-order valence-corrected chi connectivity index (χ3v) is 6.87. The summed E-state index contributed by atoms with van der Waals surface area (Å²) < 4.78 is 58.6. The maximum absolute atomic E-state index is 13.6. The first-order chi connectivity index (χ1) is 21.6. The Kier molecular flexibility index (Phi) is 9.47. The van der Waals surface area contributed by atoms with Gasteiger partial charge in [0, 0.05) is 44.0 Å². The Morgan fingerprint density at radius 2 is 1.62 bits per heavy atom. The van der Waals surface area contributed by atoms with E-state index in [0.29, 0.717) is 11.4 Å². The van der Waals surface area contributed by atoms with Crippen molar-refractivity contribution in [1.29, 1.82) is 0 Å². The number of alkyl halides is 3. The number of anilines is 2. The molecule has 1 atom stereocenters. The summed E-state index contributed by atoms with van der Waals surface area (Å²) in [7, 11) is 0. The van der Waals surface area contributed by atoms with E-state index in [-0.39, 0.29) is 56.9 Å². The number of ether oxygens (including phenoxy) is 1. The standard InChI is InChI=1S/C30H27F4N7O4/c31-21-8-6-20(7-9-21)26-36-22(27(42)37-23(28(43)44)18-45-17-19-4-2-1-3-5-19)16-25(39-26)40-12-14-41(15-13-40)29-35-11-10-24(38-29)30(32,33)34/h1-11,16,23H,12-15,17-18H2,(H,37,42)(H,43,44)/t23-/m0/s1. The molecule has 0 unspecified atom stereocenters. The number of carboxylic acids is 1. The summed E-state index contributed by atoms with van der Waals surface area (Å²) in [6.07, 6.45) is -3.55. The molecule has 0 spiro atoms. The van der Waals surface area contributed by atoms with Gasteiger partial charge in [0.2, 0.25) is 5.95 Å². The smallest absolute Gasteiger partial charge is 0.433 e. The van der Waals surface area contributed by atoms with Crippen molar-refractivity contribution in [2.45, 2.75) is 18.8 Å². The van der Waals surface area contributed by atoms with Gasteiger partial charge in [-0.3, -0.25) is 4.79 Å². The lowest BCUT2D eigenvalue weighted by Gasteiger charge is -2.35. The fourth-order valence-electron chi connectivity index (χ4n) is 4.51. The van der Waals surface area contributed by atoms with Gasteiger partial charge in [-0.1, -0.05) is 30.3 Å². The van der Waals surface area contributed by atoms with Crippen LogP contribution >= 0.6 is 0 Å². The van der Waals surface area contributed by atoms with Crippen LogP contribution < -0.4 is 15.1 Å². The van der Waals surface area contributed by atoms with E-state index in [9.17, 15) is 32.3 Å². The molecular formula is C30H27F4N7O4. The molecule has 0 saturated carbocycles. The number of rotatable bonds is 10. The highest BCUT2D eigenvalue weighted by atomic mass is 19.4. The molecule has 0 bridgehead atoms. The van der Waals surface area contributed by atoms with Crippen molar-refractivity contribution >= 4 is 23.6 Å². The zero-order valence-corrected chi connectivity index (χ0v) is 23.6. The normalized spacial score (nSPS) is 14.2. The Hall–Kier alpha value is -5.18. The van der Waals surface area contributed by atoms with Crippen molar-refractivity contribution in [3.8, 4) is 11.4 Å². The molecule has 234 valence electrons. The van der Waals surface area contributed by atoms with Gasteiger partial charge in [0.1, 0.15) is 23.0 Å². The average molecular weight is 626 g/mol. The molecule has 5 rings (SSSR count). The Bertz CT molecular complexity index is 1630. The minimum atomic E-state index is -4.61. The summed E-state index contributed by atoms with van der Waals surface area (Å²) in [5, 5.41) is 12.1. The van der Waals surface area contributed by atoms with Gasteiger partial charge < -0.3 is 25.0 Å². The van der Waals surface area contributed by atoms with E-state index in [1.807, 2.05) is 30.3 Å². The van der Waals surface area contributed by atoms with Crippen LogP contribution in [0.2, 0.25) is 0 Å². The number of nitrogens with one attached hydrogen (secondary N) is 1. The summed E-state index contributed by atoms with van der Waals surface area (Å²) in [6.45, 7) is 0.900. The molecule has 0 aliphatic carbocycles. The van der Waals surface area contributed by atoms with Crippen LogP contribution in [0.4, 0.5) is 29.3 Å². The second-order valence-electron chi connectivity index (χ2n) is 10.0. The van der Waals surface area contributed by atoms with E-state index >= 15 is 0 Å². The number of aromatic nitrogens is 4. The molecule has 0 radical (unpaired) electrons. The lowest BCUT2D eigenvalue weighted by molar-refractivity contribution is -0.142. The number of carboxylic acid groups (broad SMARTS) is 1.